The Bertz CT molecular complexity index is 1100. The third-order valence-electron chi connectivity index (χ3n) is 6.21. The number of hydrogen-bond acceptors (Lipinski definition) is 6. The van der Waals surface area contributed by atoms with E-state index in [0.29, 0.717) is 17.8 Å². The Morgan fingerprint density at radius 2 is 2.18 bits per heavy atom. The fraction of sp³-hybridized carbons (Fsp3) is 0.440. The minimum Gasteiger partial charge on any atom is -0.497 e. The molecule has 1 saturated heterocycles. The lowest BCUT2D eigenvalue weighted by Crippen LogP contribution is -2.35. The number of imidazole rings is 1. The smallest absolute Gasteiger partial charge is 0.254 e. The molecule has 3 aromatic rings. The van der Waals surface area contributed by atoms with Crippen molar-refractivity contribution in [3.05, 3.63) is 71.3 Å². The zero-order valence-electron chi connectivity index (χ0n) is 19.6. The van der Waals surface area contributed by atoms with Gasteiger partial charge < -0.3 is 14.6 Å². The van der Waals surface area contributed by atoms with E-state index in [2.05, 4.69) is 31.7 Å². The van der Waals surface area contributed by atoms with E-state index in [1.807, 2.05) is 43.6 Å². The first-order valence-electron chi connectivity index (χ1n) is 11.5. The second-order valence-electron chi connectivity index (χ2n) is 8.47. The zero-order chi connectivity index (χ0) is 23.2. The van der Waals surface area contributed by atoms with Crippen molar-refractivity contribution < 1.29 is 9.53 Å². The molecule has 174 valence electrons. The Hall–Kier alpha value is -3.26. The summed E-state index contributed by atoms with van der Waals surface area (Å²) in [5.41, 5.74) is 2.20. The Labute approximate surface area is 195 Å². The van der Waals surface area contributed by atoms with Crippen LogP contribution in [0.15, 0.2) is 42.9 Å². The van der Waals surface area contributed by atoms with Crippen molar-refractivity contribution in [2.24, 2.45) is 0 Å². The molecule has 1 aromatic carbocycles. The molecule has 0 spiro atoms. The number of ether oxygens (including phenoxy) is 1. The van der Waals surface area contributed by atoms with Gasteiger partial charge in [-0.15, -0.1) is 0 Å². The van der Waals surface area contributed by atoms with Crippen molar-refractivity contribution in [3.63, 3.8) is 0 Å². The van der Waals surface area contributed by atoms with E-state index in [0.717, 1.165) is 62.0 Å². The van der Waals surface area contributed by atoms with E-state index in [1.54, 1.807) is 13.3 Å². The number of aryl methyl sites for hydroxylation is 2. The predicted molar refractivity (Wildman–Crippen MR) is 126 cm³/mol. The zero-order valence-corrected chi connectivity index (χ0v) is 19.6. The van der Waals surface area contributed by atoms with Gasteiger partial charge in [0.25, 0.3) is 5.91 Å². The summed E-state index contributed by atoms with van der Waals surface area (Å²) < 4.78 is 7.43. The standard InChI is InChI=1S/C25H32N6O2/c1-4-31-12-10-26-23(31)17-30-11-6-8-20(16-30)24-27-15-22(18(2)29-24)25(32)28-14-19-7-5-9-21(13-19)33-3/h5,7,9-10,12-13,15,20H,4,6,8,11,14,16-17H2,1-3H3,(H,28,32)/t20-/m0/s1. The van der Waals surface area contributed by atoms with Crippen LogP contribution in [-0.4, -0.2) is 50.5 Å². The number of benzene rings is 1. The number of nitrogens with zero attached hydrogens (tertiary/aromatic N) is 5. The van der Waals surface area contributed by atoms with Gasteiger partial charge in [0.15, 0.2) is 0 Å². The first-order valence-corrected chi connectivity index (χ1v) is 11.5. The van der Waals surface area contributed by atoms with E-state index >= 15 is 0 Å². The van der Waals surface area contributed by atoms with Gasteiger partial charge in [0.1, 0.15) is 17.4 Å². The molecule has 0 saturated carbocycles. The van der Waals surface area contributed by atoms with Crippen LogP contribution in [0.2, 0.25) is 0 Å². The SMILES string of the molecule is CCn1ccnc1CN1CCC[C@H](c2ncc(C(=O)NCc3cccc(OC)c3)c(C)n2)C1. The topological polar surface area (TPSA) is 85.2 Å². The third-order valence-corrected chi connectivity index (χ3v) is 6.21. The summed E-state index contributed by atoms with van der Waals surface area (Å²) in [5.74, 6) is 2.78. The first-order chi connectivity index (χ1) is 16.1. The third kappa shape index (κ3) is 5.57. The molecule has 1 fully saturated rings. The minimum atomic E-state index is -0.168. The number of piperidine rings is 1. The van der Waals surface area contributed by atoms with Gasteiger partial charge in [0, 0.05) is 44.1 Å². The summed E-state index contributed by atoms with van der Waals surface area (Å²) in [6.45, 7) is 8.15. The van der Waals surface area contributed by atoms with Gasteiger partial charge in [-0.2, -0.15) is 0 Å². The molecule has 1 atom stereocenters. The summed E-state index contributed by atoms with van der Waals surface area (Å²) in [6.07, 6.45) is 7.72. The van der Waals surface area contributed by atoms with E-state index < -0.39 is 0 Å². The molecule has 3 heterocycles. The van der Waals surface area contributed by atoms with Crippen LogP contribution in [0.25, 0.3) is 0 Å². The van der Waals surface area contributed by atoms with Gasteiger partial charge in [-0.1, -0.05) is 12.1 Å². The number of carbonyl (C=O) groups is 1. The van der Waals surface area contributed by atoms with Crippen LogP contribution in [0.3, 0.4) is 0 Å². The highest BCUT2D eigenvalue weighted by Gasteiger charge is 2.25. The molecule has 0 radical (unpaired) electrons. The Morgan fingerprint density at radius 3 is 2.97 bits per heavy atom. The van der Waals surface area contributed by atoms with Crippen molar-refractivity contribution in [1.82, 2.24) is 29.7 Å². The van der Waals surface area contributed by atoms with Crippen molar-refractivity contribution in [3.8, 4) is 5.75 Å². The number of likely N-dealkylation sites (tertiary alicyclic amines) is 1. The fourth-order valence-corrected chi connectivity index (χ4v) is 4.35. The molecule has 1 aliphatic rings. The number of aromatic nitrogens is 4. The van der Waals surface area contributed by atoms with Crippen LogP contribution in [-0.2, 0) is 19.6 Å². The first kappa shape index (κ1) is 22.9. The molecule has 1 aliphatic heterocycles. The molecule has 8 heteroatoms. The van der Waals surface area contributed by atoms with Crippen molar-refractivity contribution >= 4 is 5.91 Å². The van der Waals surface area contributed by atoms with Gasteiger partial charge in [-0.25, -0.2) is 15.0 Å². The number of rotatable bonds is 8. The second-order valence-corrected chi connectivity index (χ2v) is 8.47. The maximum Gasteiger partial charge on any atom is 0.254 e. The highest BCUT2D eigenvalue weighted by molar-refractivity contribution is 5.94. The summed E-state index contributed by atoms with van der Waals surface area (Å²) in [4.78, 5) is 29.0. The minimum absolute atomic E-state index is 0.168. The number of carbonyl (C=O) groups excluding carboxylic acids is 1. The van der Waals surface area contributed by atoms with Crippen LogP contribution in [0.5, 0.6) is 5.75 Å². The van der Waals surface area contributed by atoms with Gasteiger partial charge in [-0.3, -0.25) is 9.69 Å². The molecular formula is C25H32N6O2. The van der Waals surface area contributed by atoms with E-state index in [4.69, 9.17) is 9.72 Å². The number of methoxy groups -OCH3 is 1. The fourth-order valence-electron chi connectivity index (χ4n) is 4.35. The molecule has 2 aromatic heterocycles. The van der Waals surface area contributed by atoms with Crippen molar-refractivity contribution in [1.29, 1.82) is 0 Å². The van der Waals surface area contributed by atoms with Crippen molar-refractivity contribution in [2.45, 2.75) is 52.2 Å². The quantitative estimate of drug-likeness (QED) is 0.569. The summed E-state index contributed by atoms with van der Waals surface area (Å²) in [6, 6.07) is 7.66. The summed E-state index contributed by atoms with van der Waals surface area (Å²) in [7, 11) is 1.63. The molecule has 0 bridgehead atoms. The number of nitrogens with one attached hydrogen (secondary N) is 1. The molecule has 0 unspecified atom stereocenters. The second kappa shape index (κ2) is 10.6. The number of amides is 1. The van der Waals surface area contributed by atoms with Crippen LogP contribution in [0.4, 0.5) is 0 Å². The van der Waals surface area contributed by atoms with E-state index in [1.165, 1.54) is 0 Å². The van der Waals surface area contributed by atoms with Crippen LogP contribution >= 0.6 is 0 Å². The lowest BCUT2D eigenvalue weighted by atomic mass is 9.97. The number of hydrogen-bond donors (Lipinski definition) is 1. The molecule has 1 N–H and O–H groups in total. The van der Waals surface area contributed by atoms with Gasteiger partial charge in [0.2, 0.25) is 0 Å². The highest BCUT2D eigenvalue weighted by Crippen LogP contribution is 2.26. The molecule has 8 nitrogen and oxygen atoms in total. The molecule has 0 aliphatic carbocycles. The predicted octanol–water partition coefficient (Wildman–Crippen LogP) is 3.32. The molecule has 4 rings (SSSR count). The Kier molecular flexibility index (Phi) is 7.34. The van der Waals surface area contributed by atoms with E-state index in [9.17, 15) is 4.79 Å². The van der Waals surface area contributed by atoms with Gasteiger partial charge in [0.05, 0.1) is 24.9 Å². The van der Waals surface area contributed by atoms with Crippen LogP contribution in [0, 0.1) is 6.92 Å². The average molecular weight is 449 g/mol. The van der Waals surface area contributed by atoms with Gasteiger partial charge >= 0.3 is 0 Å². The highest BCUT2D eigenvalue weighted by atomic mass is 16.5. The molecular weight excluding hydrogens is 416 g/mol. The maximum absolute atomic E-state index is 12.7. The summed E-state index contributed by atoms with van der Waals surface area (Å²) in [5, 5.41) is 2.96. The lowest BCUT2D eigenvalue weighted by Gasteiger charge is -2.31. The normalized spacial score (nSPS) is 16.5. The largest absolute Gasteiger partial charge is 0.497 e. The van der Waals surface area contributed by atoms with Gasteiger partial charge in [-0.05, 0) is 50.9 Å². The van der Waals surface area contributed by atoms with Crippen LogP contribution in [0.1, 0.15) is 58.9 Å². The Morgan fingerprint density at radius 1 is 1.30 bits per heavy atom. The molecule has 1 amide bonds. The van der Waals surface area contributed by atoms with Crippen LogP contribution < -0.4 is 10.1 Å². The summed E-state index contributed by atoms with van der Waals surface area (Å²) >= 11 is 0. The average Bonchev–Trinajstić information content (AvgIpc) is 3.29. The Balaban J connectivity index is 1.38. The monoisotopic (exact) mass is 448 g/mol. The molecule has 33 heavy (non-hydrogen) atoms. The van der Waals surface area contributed by atoms with Crippen molar-refractivity contribution in [2.75, 3.05) is 20.2 Å². The lowest BCUT2D eigenvalue weighted by molar-refractivity contribution is 0.0949. The maximum atomic E-state index is 12.7. The van der Waals surface area contributed by atoms with E-state index in [-0.39, 0.29) is 11.8 Å².